The lowest BCUT2D eigenvalue weighted by atomic mass is 9.91. The third kappa shape index (κ3) is 2.25. The molecule has 3 nitrogen and oxygen atoms in total. The third-order valence-corrected chi connectivity index (χ3v) is 4.39. The predicted octanol–water partition coefficient (Wildman–Crippen LogP) is 2.15. The number of fused-ring (bicyclic) bond motifs is 1. The summed E-state index contributed by atoms with van der Waals surface area (Å²) in [6.07, 6.45) is 6.49. The lowest BCUT2D eigenvalue weighted by Crippen LogP contribution is -2.43. The van der Waals surface area contributed by atoms with Crippen LogP contribution in [0, 0.1) is 0 Å². The Morgan fingerprint density at radius 1 is 1.17 bits per heavy atom. The van der Waals surface area contributed by atoms with Gasteiger partial charge >= 0.3 is 0 Å². The third-order valence-electron chi connectivity index (χ3n) is 4.39. The van der Waals surface area contributed by atoms with E-state index in [4.69, 9.17) is 5.73 Å². The van der Waals surface area contributed by atoms with E-state index in [1.54, 1.807) is 0 Å². The maximum atomic E-state index is 10.0. The van der Waals surface area contributed by atoms with Crippen LogP contribution < -0.4 is 11.1 Å². The van der Waals surface area contributed by atoms with Gasteiger partial charge in [0, 0.05) is 17.8 Å². The van der Waals surface area contributed by atoms with E-state index in [0.717, 1.165) is 37.8 Å². The molecular weight excluding hydrogens is 224 g/mol. The molecule has 0 radical (unpaired) electrons. The van der Waals surface area contributed by atoms with Crippen molar-refractivity contribution >= 4 is 5.69 Å². The first-order valence-electron chi connectivity index (χ1n) is 7.06. The number of hydrogen-bond acceptors (Lipinski definition) is 3. The van der Waals surface area contributed by atoms with Crippen LogP contribution in [0.15, 0.2) is 18.2 Å². The first-order chi connectivity index (χ1) is 8.74. The van der Waals surface area contributed by atoms with Crippen molar-refractivity contribution in [3.63, 3.8) is 0 Å². The van der Waals surface area contributed by atoms with Crippen LogP contribution in [0.3, 0.4) is 0 Å². The summed E-state index contributed by atoms with van der Waals surface area (Å²) in [5, 5.41) is 13.7. The predicted molar refractivity (Wildman–Crippen MR) is 73.3 cm³/mol. The van der Waals surface area contributed by atoms with Crippen LogP contribution in [0.25, 0.3) is 0 Å². The quantitative estimate of drug-likeness (QED) is 0.701. The van der Waals surface area contributed by atoms with Gasteiger partial charge < -0.3 is 16.2 Å². The van der Waals surface area contributed by atoms with Gasteiger partial charge in [-0.25, -0.2) is 0 Å². The summed E-state index contributed by atoms with van der Waals surface area (Å²) < 4.78 is 0. The van der Waals surface area contributed by atoms with Crippen molar-refractivity contribution in [3.8, 4) is 0 Å². The first kappa shape index (κ1) is 12.0. The SMILES string of the molecule is Nc1ccc2c(c1)CCC2NC1CCCCC1O. The molecule has 3 heteroatoms. The van der Waals surface area contributed by atoms with Crippen LogP contribution in [0.2, 0.25) is 0 Å². The maximum absolute atomic E-state index is 10.0. The van der Waals surface area contributed by atoms with Crippen LogP contribution in [-0.2, 0) is 6.42 Å². The monoisotopic (exact) mass is 246 g/mol. The molecule has 3 unspecified atom stereocenters. The average molecular weight is 246 g/mol. The minimum atomic E-state index is -0.170. The molecule has 0 spiro atoms. The highest BCUT2D eigenvalue weighted by molar-refractivity contribution is 5.47. The summed E-state index contributed by atoms with van der Waals surface area (Å²) >= 11 is 0. The van der Waals surface area contributed by atoms with E-state index in [1.165, 1.54) is 17.5 Å². The molecule has 0 bridgehead atoms. The summed E-state index contributed by atoms with van der Waals surface area (Å²) in [4.78, 5) is 0. The van der Waals surface area contributed by atoms with Gasteiger partial charge in [-0.2, -0.15) is 0 Å². The van der Waals surface area contributed by atoms with E-state index in [9.17, 15) is 5.11 Å². The molecule has 98 valence electrons. The molecule has 0 aromatic heterocycles. The number of nitrogens with two attached hydrogens (primary N) is 1. The van der Waals surface area contributed by atoms with E-state index in [2.05, 4.69) is 17.4 Å². The summed E-state index contributed by atoms with van der Waals surface area (Å²) in [6.45, 7) is 0. The van der Waals surface area contributed by atoms with Gasteiger partial charge in [0.25, 0.3) is 0 Å². The first-order valence-corrected chi connectivity index (χ1v) is 7.06. The summed E-state index contributed by atoms with van der Waals surface area (Å²) in [5.74, 6) is 0. The molecule has 0 heterocycles. The van der Waals surface area contributed by atoms with Crippen LogP contribution in [0.5, 0.6) is 0 Å². The van der Waals surface area contributed by atoms with Gasteiger partial charge in [-0.1, -0.05) is 18.9 Å². The molecule has 1 saturated carbocycles. The smallest absolute Gasteiger partial charge is 0.0693 e. The number of nitrogen functional groups attached to an aromatic ring is 1. The van der Waals surface area contributed by atoms with Crippen LogP contribution in [0.4, 0.5) is 5.69 Å². The number of aryl methyl sites for hydroxylation is 1. The largest absolute Gasteiger partial charge is 0.399 e. The van der Waals surface area contributed by atoms with Crippen molar-refractivity contribution in [3.05, 3.63) is 29.3 Å². The van der Waals surface area contributed by atoms with Gasteiger partial charge in [0.1, 0.15) is 0 Å². The molecule has 3 rings (SSSR count). The zero-order valence-corrected chi connectivity index (χ0v) is 10.7. The molecule has 4 N–H and O–H groups in total. The van der Waals surface area contributed by atoms with Gasteiger partial charge in [-0.15, -0.1) is 0 Å². The Morgan fingerprint density at radius 3 is 2.83 bits per heavy atom. The highest BCUT2D eigenvalue weighted by Gasteiger charge is 2.29. The normalized spacial score (nSPS) is 31.3. The van der Waals surface area contributed by atoms with E-state index < -0.39 is 0 Å². The standard InChI is InChI=1S/C15H22N2O/c16-11-6-7-12-10(9-11)5-8-13(12)17-14-3-1-2-4-15(14)18/h6-7,9,13-15,17-18H,1-5,8,16H2. The fourth-order valence-corrected chi connectivity index (χ4v) is 3.37. The van der Waals surface area contributed by atoms with Gasteiger partial charge in [0.15, 0.2) is 0 Å². The van der Waals surface area contributed by atoms with Crippen molar-refractivity contribution in [2.75, 3.05) is 5.73 Å². The molecule has 2 aliphatic rings. The van der Waals surface area contributed by atoms with E-state index in [1.807, 2.05) is 6.07 Å². The molecule has 3 atom stereocenters. The molecule has 0 aliphatic heterocycles. The zero-order chi connectivity index (χ0) is 12.5. The number of benzene rings is 1. The van der Waals surface area contributed by atoms with E-state index >= 15 is 0 Å². The number of hydrogen-bond donors (Lipinski definition) is 3. The zero-order valence-electron chi connectivity index (χ0n) is 10.7. The number of nitrogens with one attached hydrogen (secondary N) is 1. The second-order valence-electron chi connectivity index (χ2n) is 5.67. The molecular formula is C15H22N2O. The van der Waals surface area contributed by atoms with Crippen molar-refractivity contribution in [2.24, 2.45) is 0 Å². The Kier molecular flexibility index (Phi) is 3.27. The average Bonchev–Trinajstić information content (AvgIpc) is 2.74. The number of anilines is 1. The second kappa shape index (κ2) is 4.90. The number of aliphatic hydroxyl groups excluding tert-OH is 1. The number of aliphatic hydroxyl groups is 1. The highest BCUT2D eigenvalue weighted by Crippen LogP contribution is 2.34. The lowest BCUT2D eigenvalue weighted by Gasteiger charge is -2.31. The van der Waals surface area contributed by atoms with Crippen molar-refractivity contribution in [1.82, 2.24) is 5.32 Å². The topological polar surface area (TPSA) is 58.3 Å². The maximum Gasteiger partial charge on any atom is 0.0693 e. The van der Waals surface area contributed by atoms with E-state index in [-0.39, 0.29) is 12.1 Å². The molecule has 2 aliphatic carbocycles. The van der Waals surface area contributed by atoms with Gasteiger partial charge in [-0.3, -0.25) is 0 Å². The van der Waals surface area contributed by atoms with Gasteiger partial charge in [-0.05, 0) is 48.9 Å². The van der Waals surface area contributed by atoms with Crippen molar-refractivity contribution < 1.29 is 5.11 Å². The minimum Gasteiger partial charge on any atom is -0.399 e. The molecule has 1 aromatic rings. The Labute approximate surface area is 108 Å². The lowest BCUT2D eigenvalue weighted by molar-refractivity contribution is 0.0848. The molecule has 1 aromatic carbocycles. The van der Waals surface area contributed by atoms with Crippen molar-refractivity contribution in [1.29, 1.82) is 0 Å². The Hall–Kier alpha value is -1.06. The second-order valence-corrected chi connectivity index (χ2v) is 5.67. The number of rotatable bonds is 2. The minimum absolute atomic E-state index is 0.170. The summed E-state index contributed by atoms with van der Waals surface area (Å²) in [5.41, 5.74) is 9.43. The molecule has 0 saturated heterocycles. The Balaban J connectivity index is 1.72. The summed E-state index contributed by atoms with van der Waals surface area (Å²) in [7, 11) is 0. The Morgan fingerprint density at radius 2 is 2.00 bits per heavy atom. The van der Waals surface area contributed by atoms with E-state index in [0.29, 0.717) is 6.04 Å². The van der Waals surface area contributed by atoms with Crippen molar-refractivity contribution in [2.45, 2.75) is 56.7 Å². The van der Waals surface area contributed by atoms with Crippen LogP contribution in [0.1, 0.15) is 49.3 Å². The van der Waals surface area contributed by atoms with Crippen LogP contribution >= 0.6 is 0 Å². The fraction of sp³-hybridized carbons (Fsp3) is 0.600. The fourth-order valence-electron chi connectivity index (χ4n) is 3.37. The van der Waals surface area contributed by atoms with Crippen LogP contribution in [-0.4, -0.2) is 17.3 Å². The molecule has 1 fully saturated rings. The van der Waals surface area contributed by atoms with Gasteiger partial charge in [0.05, 0.1) is 6.10 Å². The Bertz CT molecular complexity index is 433. The van der Waals surface area contributed by atoms with Gasteiger partial charge in [0.2, 0.25) is 0 Å². The molecule has 0 amide bonds. The molecule has 18 heavy (non-hydrogen) atoms. The summed E-state index contributed by atoms with van der Waals surface area (Å²) in [6, 6.07) is 6.89. The highest BCUT2D eigenvalue weighted by atomic mass is 16.3.